The van der Waals surface area contributed by atoms with Crippen LogP contribution >= 0.6 is 0 Å². The molecule has 5 rings (SSSR count). The van der Waals surface area contributed by atoms with Crippen LogP contribution in [0.1, 0.15) is 32.4 Å². The Labute approximate surface area is 181 Å². The predicted molar refractivity (Wildman–Crippen MR) is 123 cm³/mol. The lowest BCUT2D eigenvalue weighted by molar-refractivity contribution is 0.0532. The fourth-order valence-corrected chi connectivity index (χ4v) is 4.12. The van der Waals surface area contributed by atoms with Crippen LogP contribution in [0.3, 0.4) is 0 Å². The maximum absolute atomic E-state index is 5.63. The second-order valence-electron chi connectivity index (χ2n) is 8.42. The first-order chi connectivity index (χ1) is 15.0. The standard InChI is InChI=1S/C23H27N7O/c1-14(2)30-13-26-19-9-15(3)18-11-25-23(28-21(18)22(19)30)27-20-6-5-17(10-24-20)29-7-8-31-16(4)12-29/h5-6,9-11,13-14,16H,7-8,12H2,1-4H3,(H,24,25,27,28). The minimum absolute atomic E-state index is 0.233. The molecule has 4 heterocycles. The number of nitrogens with one attached hydrogen (secondary N) is 1. The van der Waals surface area contributed by atoms with Gasteiger partial charge in [0.15, 0.2) is 0 Å². The molecule has 0 saturated carbocycles. The SMILES string of the molecule is Cc1cc2ncn(C(C)C)c2c2nc(Nc3ccc(N4CCOC(C)C4)cn3)ncc12. The van der Waals surface area contributed by atoms with Crippen molar-refractivity contribution in [1.82, 2.24) is 24.5 Å². The molecule has 3 aromatic heterocycles. The van der Waals surface area contributed by atoms with Crippen molar-refractivity contribution < 1.29 is 4.74 Å². The third kappa shape index (κ3) is 3.67. The Hall–Kier alpha value is -3.26. The van der Waals surface area contributed by atoms with Crippen LogP contribution in [0.25, 0.3) is 21.9 Å². The summed E-state index contributed by atoms with van der Waals surface area (Å²) in [6.07, 6.45) is 5.88. The van der Waals surface area contributed by atoms with Gasteiger partial charge in [-0.15, -0.1) is 0 Å². The first-order valence-electron chi connectivity index (χ1n) is 10.7. The number of fused-ring (bicyclic) bond motifs is 3. The summed E-state index contributed by atoms with van der Waals surface area (Å²) < 4.78 is 7.78. The second kappa shape index (κ2) is 7.77. The fourth-order valence-electron chi connectivity index (χ4n) is 4.12. The van der Waals surface area contributed by atoms with Gasteiger partial charge >= 0.3 is 0 Å². The summed E-state index contributed by atoms with van der Waals surface area (Å²) in [4.78, 5) is 20.8. The zero-order valence-corrected chi connectivity index (χ0v) is 18.3. The minimum Gasteiger partial charge on any atom is -0.375 e. The Kier molecular flexibility index (Phi) is 4.94. The Morgan fingerprint density at radius 3 is 2.77 bits per heavy atom. The molecule has 0 radical (unpaired) electrons. The highest BCUT2D eigenvalue weighted by Gasteiger charge is 2.18. The molecule has 1 aliphatic rings. The number of benzene rings is 1. The van der Waals surface area contributed by atoms with E-state index >= 15 is 0 Å². The van der Waals surface area contributed by atoms with Crippen LogP contribution in [0.2, 0.25) is 0 Å². The molecular formula is C23H27N7O. The Morgan fingerprint density at radius 1 is 1.16 bits per heavy atom. The molecule has 1 aromatic carbocycles. The number of imidazole rings is 1. The van der Waals surface area contributed by atoms with Crippen molar-refractivity contribution >= 4 is 39.4 Å². The molecule has 0 bridgehead atoms. The van der Waals surface area contributed by atoms with Gasteiger partial charge in [0.05, 0.1) is 42.0 Å². The molecule has 1 saturated heterocycles. The lowest BCUT2D eigenvalue weighted by Gasteiger charge is -2.32. The van der Waals surface area contributed by atoms with E-state index in [1.54, 1.807) is 0 Å². The lowest BCUT2D eigenvalue weighted by Crippen LogP contribution is -2.41. The molecule has 4 aromatic rings. The number of pyridine rings is 1. The van der Waals surface area contributed by atoms with Gasteiger partial charge in [-0.25, -0.2) is 19.9 Å². The number of rotatable bonds is 4. The summed E-state index contributed by atoms with van der Waals surface area (Å²) in [5.74, 6) is 1.24. The monoisotopic (exact) mass is 417 g/mol. The van der Waals surface area contributed by atoms with Crippen molar-refractivity contribution in [3.63, 3.8) is 0 Å². The lowest BCUT2D eigenvalue weighted by atomic mass is 10.1. The molecule has 8 nitrogen and oxygen atoms in total. The number of hydrogen-bond donors (Lipinski definition) is 1. The van der Waals surface area contributed by atoms with Crippen LogP contribution in [-0.2, 0) is 4.74 Å². The van der Waals surface area contributed by atoms with E-state index in [2.05, 4.69) is 69.6 Å². The molecule has 0 spiro atoms. The third-order valence-electron chi connectivity index (χ3n) is 5.76. The van der Waals surface area contributed by atoms with Crippen molar-refractivity contribution in [1.29, 1.82) is 0 Å². The summed E-state index contributed by atoms with van der Waals surface area (Å²) in [6, 6.07) is 6.43. The second-order valence-corrected chi connectivity index (χ2v) is 8.42. The van der Waals surface area contributed by atoms with Gasteiger partial charge in [-0.3, -0.25) is 0 Å². The van der Waals surface area contributed by atoms with Gasteiger partial charge in [0.1, 0.15) is 11.3 Å². The highest BCUT2D eigenvalue weighted by Crippen LogP contribution is 2.29. The van der Waals surface area contributed by atoms with E-state index in [4.69, 9.17) is 9.72 Å². The van der Waals surface area contributed by atoms with Crippen molar-refractivity contribution in [3.8, 4) is 0 Å². The van der Waals surface area contributed by atoms with E-state index in [1.165, 1.54) is 0 Å². The average Bonchev–Trinajstić information content (AvgIpc) is 3.19. The van der Waals surface area contributed by atoms with E-state index in [-0.39, 0.29) is 6.10 Å². The molecule has 160 valence electrons. The van der Waals surface area contributed by atoms with Gasteiger partial charge < -0.3 is 19.5 Å². The molecule has 1 atom stereocenters. The van der Waals surface area contributed by atoms with Gasteiger partial charge in [0, 0.05) is 30.7 Å². The van der Waals surface area contributed by atoms with Crippen molar-refractivity contribution in [2.24, 2.45) is 0 Å². The summed E-state index contributed by atoms with van der Waals surface area (Å²) in [5, 5.41) is 4.29. The topological polar surface area (TPSA) is 81.0 Å². The van der Waals surface area contributed by atoms with E-state index in [0.29, 0.717) is 17.8 Å². The fraction of sp³-hybridized carbons (Fsp3) is 0.391. The normalized spacial score (nSPS) is 17.1. The predicted octanol–water partition coefficient (Wildman–Crippen LogP) is 4.23. The highest BCUT2D eigenvalue weighted by atomic mass is 16.5. The number of hydrogen-bond acceptors (Lipinski definition) is 7. The molecular weight excluding hydrogens is 390 g/mol. The first-order valence-corrected chi connectivity index (χ1v) is 10.7. The Morgan fingerprint density at radius 2 is 2.03 bits per heavy atom. The smallest absolute Gasteiger partial charge is 0.228 e. The van der Waals surface area contributed by atoms with E-state index in [0.717, 1.165) is 52.9 Å². The zero-order chi connectivity index (χ0) is 21.5. The maximum atomic E-state index is 5.63. The summed E-state index contributed by atoms with van der Waals surface area (Å²) in [7, 11) is 0. The van der Waals surface area contributed by atoms with E-state index in [9.17, 15) is 0 Å². The Balaban J connectivity index is 1.46. The molecule has 1 unspecified atom stereocenters. The molecule has 8 heteroatoms. The molecule has 1 N–H and O–H groups in total. The van der Waals surface area contributed by atoms with Crippen molar-refractivity contribution in [2.75, 3.05) is 29.9 Å². The minimum atomic E-state index is 0.233. The van der Waals surface area contributed by atoms with Gasteiger partial charge in [0.2, 0.25) is 5.95 Å². The van der Waals surface area contributed by atoms with Crippen LogP contribution < -0.4 is 10.2 Å². The quantitative estimate of drug-likeness (QED) is 0.532. The molecule has 0 amide bonds. The summed E-state index contributed by atoms with van der Waals surface area (Å²) in [5.41, 5.74) is 5.09. The first kappa shape index (κ1) is 19.7. The van der Waals surface area contributed by atoms with Crippen molar-refractivity contribution in [3.05, 3.63) is 42.5 Å². The van der Waals surface area contributed by atoms with Crippen LogP contribution in [-0.4, -0.2) is 50.3 Å². The van der Waals surface area contributed by atoms with Crippen LogP contribution in [0, 0.1) is 6.92 Å². The number of ether oxygens (including phenoxy) is 1. The van der Waals surface area contributed by atoms with E-state index < -0.39 is 0 Å². The van der Waals surface area contributed by atoms with Crippen LogP contribution in [0.15, 0.2) is 36.9 Å². The number of morpholine rings is 1. The number of anilines is 3. The third-order valence-corrected chi connectivity index (χ3v) is 5.76. The van der Waals surface area contributed by atoms with Gasteiger partial charge in [-0.05, 0) is 51.5 Å². The molecule has 31 heavy (non-hydrogen) atoms. The van der Waals surface area contributed by atoms with Gasteiger partial charge in [0.25, 0.3) is 0 Å². The molecule has 1 aliphatic heterocycles. The summed E-state index contributed by atoms with van der Waals surface area (Å²) >= 11 is 0. The summed E-state index contributed by atoms with van der Waals surface area (Å²) in [6.45, 7) is 11.0. The van der Waals surface area contributed by atoms with Crippen LogP contribution in [0.5, 0.6) is 0 Å². The number of aryl methyl sites for hydroxylation is 1. The molecule has 0 aliphatic carbocycles. The average molecular weight is 418 g/mol. The van der Waals surface area contributed by atoms with Gasteiger partial charge in [-0.2, -0.15) is 0 Å². The maximum Gasteiger partial charge on any atom is 0.228 e. The van der Waals surface area contributed by atoms with Crippen molar-refractivity contribution in [2.45, 2.75) is 39.8 Å². The van der Waals surface area contributed by atoms with Gasteiger partial charge in [-0.1, -0.05) is 0 Å². The van der Waals surface area contributed by atoms with E-state index in [1.807, 2.05) is 24.8 Å². The highest BCUT2D eigenvalue weighted by molar-refractivity contribution is 6.03. The molecule has 1 fully saturated rings. The largest absolute Gasteiger partial charge is 0.375 e. The Bertz CT molecular complexity index is 1230. The number of aromatic nitrogens is 5. The van der Waals surface area contributed by atoms with Crippen LogP contribution in [0.4, 0.5) is 17.5 Å². The zero-order valence-electron chi connectivity index (χ0n) is 18.3. The number of nitrogens with zero attached hydrogens (tertiary/aromatic N) is 6.